The highest BCUT2D eigenvalue weighted by atomic mass is 16.2. The molecule has 1 aliphatic heterocycles. The largest absolute Gasteiger partial charge is 0.399 e. The number of amides is 1. The molecule has 0 bridgehead atoms. The zero-order valence-electron chi connectivity index (χ0n) is 13.2. The zero-order valence-corrected chi connectivity index (χ0v) is 13.2. The highest BCUT2D eigenvalue weighted by Gasteiger charge is 2.27. The number of rotatable bonds is 3. The molecule has 0 aliphatic carbocycles. The maximum absolute atomic E-state index is 12.7. The summed E-state index contributed by atoms with van der Waals surface area (Å²) < 4.78 is 0. The van der Waals surface area contributed by atoms with Crippen LogP contribution in [0.4, 0.5) is 11.5 Å². The number of aromatic nitrogens is 2. The highest BCUT2D eigenvalue weighted by Crippen LogP contribution is 2.21. The lowest BCUT2D eigenvalue weighted by Crippen LogP contribution is -2.48. The van der Waals surface area contributed by atoms with Crippen LogP contribution in [-0.4, -0.2) is 47.2 Å². The second kappa shape index (κ2) is 6.64. The molecule has 2 N–H and O–H groups in total. The van der Waals surface area contributed by atoms with Crippen LogP contribution in [0.25, 0.3) is 0 Å². The number of carbonyl (C=O) groups is 1. The molecular formula is C17H21N5O. The molecule has 0 saturated carbocycles. The summed E-state index contributed by atoms with van der Waals surface area (Å²) >= 11 is 0. The van der Waals surface area contributed by atoms with Crippen molar-refractivity contribution in [3.8, 4) is 0 Å². The molecule has 1 unspecified atom stereocenters. The molecule has 1 aromatic heterocycles. The van der Waals surface area contributed by atoms with Gasteiger partial charge in [-0.1, -0.05) is 6.07 Å². The monoisotopic (exact) mass is 311 g/mol. The van der Waals surface area contributed by atoms with Gasteiger partial charge >= 0.3 is 0 Å². The van der Waals surface area contributed by atoms with Crippen LogP contribution in [0.1, 0.15) is 23.2 Å². The van der Waals surface area contributed by atoms with Gasteiger partial charge in [-0.2, -0.15) is 5.10 Å². The van der Waals surface area contributed by atoms with Gasteiger partial charge in [-0.15, -0.1) is 5.10 Å². The quantitative estimate of drug-likeness (QED) is 0.875. The van der Waals surface area contributed by atoms with Crippen LogP contribution in [-0.2, 0) is 0 Å². The summed E-state index contributed by atoms with van der Waals surface area (Å²) in [6, 6.07) is 11.1. The number of likely N-dealkylation sites (N-methyl/N-ethyl adjacent to an activating group) is 1. The Morgan fingerprint density at radius 3 is 2.96 bits per heavy atom. The van der Waals surface area contributed by atoms with Crippen LogP contribution in [0.3, 0.4) is 0 Å². The lowest BCUT2D eigenvalue weighted by molar-refractivity contribution is 0.0717. The molecule has 6 heteroatoms. The van der Waals surface area contributed by atoms with Crippen LogP contribution in [0.2, 0.25) is 0 Å². The minimum atomic E-state index is 0.00305. The van der Waals surface area contributed by atoms with E-state index in [0.29, 0.717) is 11.3 Å². The lowest BCUT2D eigenvalue weighted by atomic mass is 10.0. The van der Waals surface area contributed by atoms with E-state index in [-0.39, 0.29) is 11.9 Å². The molecule has 0 radical (unpaired) electrons. The summed E-state index contributed by atoms with van der Waals surface area (Å²) in [6.45, 7) is 1.71. The van der Waals surface area contributed by atoms with Crippen molar-refractivity contribution in [1.29, 1.82) is 0 Å². The van der Waals surface area contributed by atoms with E-state index in [0.717, 1.165) is 31.7 Å². The van der Waals surface area contributed by atoms with E-state index in [1.807, 2.05) is 30.1 Å². The van der Waals surface area contributed by atoms with Gasteiger partial charge in [0, 0.05) is 43.6 Å². The van der Waals surface area contributed by atoms with Gasteiger partial charge in [0.25, 0.3) is 5.91 Å². The van der Waals surface area contributed by atoms with Crippen molar-refractivity contribution < 1.29 is 4.79 Å². The Balaban J connectivity index is 1.72. The van der Waals surface area contributed by atoms with Gasteiger partial charge in [0.15, 0.2) is 5.82 Å². The third kappa shape index (κ3) is 3.41. The van der Waals surface area contributed by atoms with E-state index in [4.69, 9.17) is 5.73 Å². The van der Waals surface area contributed by atoms with Crippen LogP contribution < -0.4 is 10.6 Å². The number of benzene rings is 1. The van der Waals surface area contributed by atoms with Crippen molar-refractivity contribution in [1.82, 2.24) is 15.1 Å². The zero-order chi connectivity index (χ0) is 16.2. The number of hydrogen-bond donors (Lipinski definition) is 1. The minimum absolute atomic E-state index is 0.00305. The van der Waals surface area contributed by atoms with Gasteiger partial charge in [-0.25, -0.2) is 0 Å². The second-order valence-electron chi connectivity index (χ2n) is 5.87. The van der Waals surface area contributed by atoms with Gasteiger partial charge in [0.2, 0.25) is 0 Å². The predicted molar refractivity (Wildman–Crippen MR) is 90.2 cm³/mol. The summed E-state index contributed by atoms with van der Waals surface area (Å²) in [5.41, 5.74) is 7.01. The van der Waals surface area contributed by atoms with Gasteiger partial charge in [0.1, 0.15) is 0 Å². The van der Waals surface area contributed by atoms with Gasteiger partial charge in [-0.3, -0.25) is 4.79 Å². The maximum atomic E-state index is 12.7. The molecule has 1 aromatic carbocycles. The Morgan fingerprint density at radius 2 is 2.22 bits per heavy atom. The number of nitrogen functional groups attached to an aromatic ring is 1. The van der Waals surface area contributed by atoms with Crippen LogP contribution >= 0.6 is 0 Å². The number of carbonyl (C=O) groups excluding carboxylic acids is 1. The minimum Gasteiger partial charge on any atom is -0.399 e. The van der Waals surface area contributed by atoms with Crippen LogP contribution in [0.15, 0.2) is 42.6 Å². The summed E-state index contributed by atoms with van der Waals surface area (Å²) in [4.78, 5) is 16.7. The molecule has 6 nitrogen and oxygen atoms in total. The van der Waals surface area contributed by atoms with Crippen LogP contribution in [0, 0.1) is 0 Å². The van der Waals surface area contributed by atoms with Gasteiger partial charge in [0.05, 0.1) is 0 Å². The van der Waals surface area contributed by atoms with Crippen molar-refractivity contribution in [2.75, 3.05) is 30.8 Å². The fraction of sp³-hybridized carbons (Fsp3) is 0.353. The van der Waals surface area contributed by atoms with E-state index in [9.17, 15) is 4.79 Å². The van der Waals surface area contributed by atoms with Crippen LogP contribution in [0.5, 0.6) is 0 Å². The number of nitrogens with zero attached hydrogens (tertiary/aromatic N) is 4. The van der Waals surface area contributed by atoms with E-state index >= 15 is 0 Å². The average molecular weight is 311 g/mol. The molecule has 2 heterocycles. The number of anilines is 2. The standard InChI is InChI=1S/C17H21N5O/c1-21(17(23)13-5-2-6-14(18)11-13)15-7-4-10-22(12-15)16-8-3-9-19-20-16/h2-3,5-6,8-9,11,15H,4,7,10,12,18H2,1H3. The fourth-order valence-corrected chi connectivity index (χ4v) is 2.98. The van der Waals surface area contributed by atoms with Crippen molar-refractivity contribution in [2.24, 2.45) is 0 Å². The maximum Gasteiger partial charge on any atom is 0.253 e. The first-order valence-electron chi connectivity index (χ1n) is 7.80. The molecule has 1 atom stereocenters. The number of hydrogen-bond acceptors (Lipinski definition) is 5. The first-order chi connectivity index (χ1) is 11.1. The molecule has 1 amide bonds. The van der Waals surface area contributed by atoms with E-state index in [2.05, 4.69) is 15.1 Å². The Hall–Kier alpha value is -2.63. The van der Waals surface area contributed by atoms with Gasteiger partial charge < -0.3 is 15.5 Å². The normalized spacial score (nSPS) is 17.8. The first-order valence-corrected chi connectivity index (χ1v) is 7.80. The Labute approximate surface area is 135 Å². The highest BCUT2D eigenvalue weighted by molar-refractivity contribution is 5.95. The molecule has 120 valence electrons. The molecule has 1 fully saturated rings. The van der Waals surface area contributed by atoms with E-state index < -0.39 is 0 Å². The van der Waals surface area contributed by atoms with Crippen molar-refractivity contribution in [3.63, 3.8) is 0 Å². The summed E-state index contributed by atoms with van der Waals surface area (Å²) in [7, 11) is 1.86. The lowest BCUT2D eigenvalue weighted by Gasteiger charge is -2.38. The summed E-state index contributed by atoms with van der Waals surface area (Å²) in [6.07, 6.45) is 3.68. The Bertz CT molecular complexity index is 676. The summed E-state index contributed by atoms with van der Waals surface area (Å²) in [5.74, 6) is 0.866. The molecule has 2 aromatic rings. The molecular weight excluding hydrogens is 290 g/mol. The average Bonchev–Trinajstić information content (AvgIpc) is 2.61. The van der Waals surface area contributed by atoms with Crippen molar-refractivity contribution >= 4 is 17.4 Å². The van der Waals surface area contributed by atoms with E-state index in [1.165, 1.54) is 0 Å². The Kier molecular flexibility index (Phi) is 4.41. The molecule has 3 rings (SSSR count). The molecule has 23 heavy (non-hydrogen) atoms. The molecule has 1 saturated heterocycles. The number of piperidine rings is 1. The summed E-state index contributed by atoms with van der Waals surface area (Å²) in [5, 5.41) is 8.10. The van der Waals surface area contributed by atoms with Crippen molar-refractivity contribution in [2.45, 2.75) is 18.9 Å². The third-order valence-electron chi connectivity index (χ3n) is 4.28. The van der Waals surface area contributed by atoms with E-state index in [1.54, 1.807) is 24.4 Å². The predicted octanol–water partition coefficient (Wildman–Crippen LogP) is 1.80. The SMILES string of the molecule is CN(C(=O)c1cccc(N)c1)C1CCCN(c2cccnn2)C1. The topological polar surface area (TPSA) is 75.3 Å². The van der Waals surface area contributed by atoms with Crippen molar-refractivity contribution in [3.05, 3.63) is 48.2 Å². The molecule has 0 spiro atoms. The number of nitrogens with two attached hydrogens (primary N) is 1. The fourth-order valence-electron chi connectivity index (χ4n) is 2.98. The molecule has 1 aliphatic rings. The smallest absolute Gasteiger partial charge is 0.253 e. The van der Waals surface area contributed by atoms with Gasteiger partial charge in [-0.05, 0) is 43.2 Å². The third-order valence-corrected chi connectivity index (χ3v) is 4.28. The second-order valence-corrected chi connectivity index (χ2v) is 5.87. The first kappa shape index (κ1) is 15.3. The Morgan fingerprint density at radius 1 is 1.35 bits per heavy atom.